The van der Waals surface area contributed by atoms with Crippen molar-refractivity contribution in [3.8, 4) is 0 Å². The number of methoxy groups -OCH3 is 2. The Balaban J connectivity index is 1.02. The molecule has 0 spiro atoms. The standard InChI is InChI=1S/C53H82N4O17/c1-29-27-52(6,67-10)48(74-51-44(60)38(55(7)8)24-30(2)70-51)31(3)45(32(4)50(64)72-40-15-16-53(40,65)47(61)42(29)58)73-41-26-39(66-9)46(33(5)71-41)69-21-18-54-17-11-12-34-13-14-37-35(25-34)43(59)36(49(62)63)28-57(37)56-19-22-68-23-20-56/h13-14,25,28-33,38-41,44-48,51,54,60-61,65H,11-12,15-24,26-27H2,1-10H3,(H,62,63)/t29-,30-,31+,32-,33+,38+,39-,40-,41+,44-,45+,46+,47-,48-,51+,52-,53-/m1/s1. The van der Waals surface area contributed by atoms with Crippen LogP contribution in [0, 0.1) is 17.8 Å². The molecular weight excluding hydrogens is 965 g/mol. The number of nitrogens with one attached hydrogen (secondary N) is 1. The fourth-order valence-corrected chi connectivity index (χ4v) is 11.7. The van der Waals surface area contributed by atoms with Gasteiger partial charge in [0.2, 0.25) is 5.43 Å². The number of fused-ring (bicyclic) bond motifs is 2. The molecule has 5 heterocycles. The number of carbonyl (C=O) groups excluding carboxylic acids is 2. The third-order valence-corrected chi connectivity index (χ3v) is 16.3. The SMILES string of the molecule is CO[C@@H]1C[C@H](O[C@H]2[C@H](C)[C@@H](O[C@@H]3O[C@H](C)C[C@H](N(C)C)[C@H]3O)[C@](C)(OC)C[C@@H](C)C(=O)[C@@H](O)[C@@]3(O)CC[C@H]3OC(=O)[C@@H]2C)O[C@@H](C)[C@@H]1OCCNCCCc1ccc2c(c1)c(=O)c(C(=O)O)cn2N1CCOCC1. The van der Waals surface area contributed by atoms with Gasteiger partial charge >= 0.3 is 11.9 Å². The number of esters is 1. The van der Waals surface area contributed by atoms with E-state index in [1.54, 1.807) is 38.6 Å². The summed E-state index contributed by atoms with van der Waals surface area (Å²) in [5, 5.41) is 50.3. The van der Waals surface area contributed by atoms with Crippen molar-refractivity contribution in [1.29, 1.82) is 0 Å². The molecule has 4 aliphatic heterocycles. The number of aromatic nitrogens is 1. The zero-order chi connectivity index (χ0) is 53.8. The van der Waals surface area contributed by atoms with E-state index < -0.39 is 114 Å². The molecule has 0 amide bonds. The van der Waals surface area contributed by atoms with Gasteiger partial charge in [0.05, 0.1) is 80.5 Å². The number of aliphatic hydroxyl groups excluding tert-OH is 2. The Kier molecular flexibility index (Phi) is 19.4. The van der Waals surface area contributed by atoms with Crippen LogP contribution in [0.5, 0.6) is 0 Å². The van der Waals surface area contributed by atoms with E-state index in [4.69, 9.17) is 42.6 Å². The van der Waals surface area contributed by atoms with Crippen molar-refractivity contribution >= 4 is 28.6 Å². The zero-order valence-corrected chi connectivity index (χ0v) is 44.8. The molecule has 1 aromatic heterocycles. The van der Waals surface area contributed by atoms with Gasteiger partial charge in [0, 0.05) is 56.6 Å². The fraction of sp³-hybridized carbons (Fsp3) is 0.774. The molecule has 5 fully saturated rings. The lowest BCUT2D eigenvalue weighted by Gasteiger charge is -2.48. The van der Waals surface area contributed by atoms with Crippen LogP contribution in [0.4, 0.5) is 0 Å². The van der Waals surface area contributed by atoms with Crippen molar-refractivity contribution in [2.45, 2.75) is 171 Å². The van der Waals surface area contributed by atoms with Gasteiger partial charge in [-0.3, -0.25) is 19.1 Å². The zero-order valence-electron chi connectivity index (χ0n) is 44.8. The highest BCUT2D eigenvalue weighted by molar-refractivity contribution is 5.93. The second-order valence-electron chi connectivity index (χ2n) is 21.7. The molecule has 17 atom stereocenters. The molecule has 5 aliphatic rings. The summed E-state index contributed by atoms with van der Waals surface area (Å²) >= 11 is 0. The predicted molar refractivity (Wildman–Crippen MR) is 269 cm³/mol. The van der Waals surface area contributed by atoms with Crippen LogP contribution in [0.1, 0.15) is 96.0 Å². The first kappa shape index (κ1) is 58.0. The Morgan fingerprint density at radius 3 is 2.35 bits per heavy atom. The van der Waals surface area contributed by atoms with Crippen LogP contribution < -0.4 is 15.8 Å². The number of Topliss-reactive ketones (excluding diaryl/α,β-unsaturated/α-hetero) is 1. The van der Waals surface area contributed by atoms with E-state index in [1.807, 2.05) is 56.9 Å². The van der Waals surface area contributed by atoms with Crippen molar-refractivity contribution in [1.82, 2.24) is 14.9 Å². The van der Waals surface area contributed by atoms with Crippen LogP contribution in [-0.4, -0.2) is 207 Å². The maximum Gasteiger partial charge on any atom is 0.341 e. The molecule has 0 unspecified atom stereocenters. The van der Waals surface area contributed by atoms with E-state index >= 15 is 0 Å². The average molecular weight is 1050 g/mol. The second-order valence-corrected chi connectivity index (χ2v) is 21.7. The Hall–Kier alpha value is -3.68. The topological polar surface area (TPSA) is 256 Å². The van der Waals surface area contributed by atoms with E-state index in [1.165, 1.54) is 13.3 Å². The normalized spacial score (nSPS) is 37.6. The van der Waals surface area contributed by atoms with E-state index in [0.29, 0.717) is 69.7 Å². The average Bonchev–Trinajstić information content (AvgIpc) is 3.37. The number of ether oxygens (including phenoxy) is 9. The minimum atomic E-state index is -1.97. The quantitative estimate of drug-likeness (QED) is 0.112. The number of pyridine rings is 1. The van der Waals surface area contributed by atoms with Crippen LogP contribution in [0.25, 0.3) is 10.9 Å². The highest BCUT2D eigenvalue weighted by Gasteiger charge is 2.58. The van der Waals surface area contributed by atoms with Crippen LogP contribution in [0.15, 0.2) is 29.2 Å². The van der Waals surface area contributed by atoms with Gasteiger partial charge in [0.1, 0.15) is 35.6 Å². The number of hydrogen-bond donors (Lipinski definition) is 5. The maximum atomic E-state index is 14.3. The second kappa shape index (κ2) is 24.8. The summed E-state index contributed by atoms with van der Waals surface area (Å²) < 4.78 is 58.4. The van der Waals surface area contributed by atoms with Crippen molar-refractivity contribution in [3.63, 3.8) is 0 Å². The smallest absolute Gasteiger partial charge is 0.341 e. The Morgan fingerprint density at radius 1 is 0.973 bits per heavy atom. The highest BCUT2D eigenvalue weighted by Crippen LogP contribution is 2.44. The number of benzene rings is 1. The molecule has 21 nitrogen and oxygen atoms in total. The van der Waals surface area contributed by atoms with E-state index in [-0.39, 0.29) is 43.4 Å². The molecule has 5 N–H and O–H groups in total. The third kappa shape index (κ3) is 12.5. The van der Waals surface area contributed by atoms with E-state index in [0.717, 1.165) is 12.0 Å². The Labute approximate surface area is 433 Å². The fourth-order valence-electron chi connectivity index (χ4n) is 11.7. The minimum Gasteiger partial charge on any atom is -0.477 e. The summed E-state index contributed by atoms with van der Waals surface area (Å²) in [7, 11) is 6.83. The summed E-state index contributed by atoms with van der Waals surface area (Å²) in [5.74, 6) is -5.22. The summed E-state index contributed by atoms with van der Waals surface area (Å²) in [5.41, 5.74) is -2.52. The summed E-state index contributed by atoms with van der Waals surface area (Å²) in [4.78, 5) is 55.4. The van der Waals surface area contributed by atoms with Crippen molar-refractivity contribution in [2.24, 2.45) is 17.8 Å². The van der Waals surface area contributed by atoms with Crippen LogP contribution in [-0.2, 0) is 58.6 Å². The number of aromatic carboxylic acids is 1. The van der Waals surface area contributed by atoms with Crippen LogP contribution >= 0.6 is 0 Å². The number of ketones is 1. The minimum absolute atomic E-state index is 0.0256. The number of rotatable bonds is 17. The predicted octanol–water partition coefficient (Wildman–Crippen LogP) is 2.01. The number of hydrogen-bond acceptors (Lipinski definition) is 19. The van der Waals surface area contributed by atoms with Crippen LogP contribution in [0.2, 0.25) is 0 Å². The molecule has 416 valence electrons. The van der Waals surface area contributed by atoms with Gasteiger partial charge in [-0.15, -0.1) is 0 Å². The Bertz CT molecular complexity index is 2300. The Morgan fingerprint density at radius 2 is 1.70 bits per heavy atom. The number of carboxylic acids is 1. The molecular formula is C53H82N4O17. The summed E-state index contributed by atoms with van der Waals surface area (Å²) in [6.45, 7) is 14.4. The van der Waals surface area contributed by atoms with Crippen molar-refractivity contribution in [2.75, 3.05) is 79.3 Å². The summed E-state index contributed by atoms with van der Waals surface area (Å²) in [6.07, 6.45) is -5.98. The lowest BCUT2D eigenvalue weighted by Crippen LogP contribution is -2.64. The van der Waals surface area contributed by atoms with Crippen LogP contribution in [0.3, 0.4) is 0 Å². The molecule has 74 heavy (non-hydrogen) atoms. The van der Waals surface area contributed by atoms with Gasteiger partial charge in [0.25, 0.3) is 0 Å². The summed E-state index contributed by atoms with van der Waals surface area (Å²) in [6, 6.07) is 5.32. The molecule has 0 bridgehead atoms. The number of aliphatic hydroxyl groups is 3. The largest absolute Gasteiger partial charge is 0.477 e. The first-order valence-electron chi connectivity index (χ1n) is 26.4. The number of likely N-dealkylation sites (N-methyl/N-ethyl adjacent to an activating group) is 1. The van der Waals surface area contributed by atoms with Gasteiger partial charge < -0.3 is 78.3 Å². The molecule has 4 saturated heterocycles. The number of nitrogens with zero attached hydrogens (tertiary/aromatic N) is 3. The lowest BCUT2D eigenvalue weighted by atomic mass is 9.69. The number of carbonyl (C=O) groups is 3. The molecule has 1 saturated carbocycles. The molecule has 1 aliphatic carbocycles. The first-order chi connectivity index (χ1) is 35.1. The van der Waals surface area contributed by atoms with Gasteiger partial charge in [0.15, 0.2) is 18.4 Å². The molecule has 21 heteroatoms. The van der Waals surface area contributed by atoms with Gasteiger partial charge in [-0.05, 0) is 105 Å². The molecule has 7 rings (SSSR count). The van der Waals surface area contributed by atoms with Gasteiger partial charge in [-0.2, -0.15) is 0 Å². The number of morpholine rings is 1. The van der Waals surface area contributed by atoms with Gasteiger partial charge in [-0.25, -0.2) is 4.79 Å². The maximum absolute atomic E-state index is 14.3. The van der Waals surface area contributed by atoms with E-state index in [2.05, 4.69) is 5.32 Å². The molecule has 1 aromatic carbocycles. The monoisotopic (exact) mass is 1050 g/mol. The van der Waals surface area contributed by atoms with E-state index in [9.17, 15) is 39.6 Å². The highest BCUT2D eigenvalue weighted by atomic mass is 16.7. The number of aryl methyl sites for hydroxylation is 1. The first-order valence-corrected chi connectivity index (χ1v) is 26.4. The van der Waals surface area contributed by atoms with Crippen molar-refractivity contribution < 1.29 is 77.4 Å². The van der Waals surface area contributed by atoms with Crippen molar-refractivity contribution in [3.05, 3.63) is 45.7 Å². The third-order valence-electron chi connectivity index (χ3n) is 16.3. The van der Waals surface area contributed by atoms with Gasteiger partial charge in [-0.1, -0.05) is 19.9 Å². The molecule has 2 aromatic rings. The molecule has 0 radical (unpaired) electrons. The number of carboxylic acid groups (broad SMARTS) is 1. The lowest BCUT2D eigenvalue weighted by molar-refractivity contribution is -0.314.